The largest absolute Gasteiger partial charge is 0.357 e. The number of hydrogen-bond acceptors (Lipinski definition) is 2. The lowest BCUT2D eigenvalue weighted by atomic mass is 10.1. The van der Waals surface area contributed by atoms with E-state index in [1.54, 1.807) is 12.1 Å². The minimum Gasteiger partial charge on any atom is -0.357 e. The van der Waals surface area contributed by atoms with Crippen LogP contribution in [0.15, 0.2) is 29.3 Å². The van der Waals surface area contributed by atoms with Crippen LogP contribution in [0.1, 0.15) is 31.7 Å². The molecule has 0 spiro atoms. The number of benzene rings is 1. The lowest BCUT2D eigenvalue weighted by Gasteiger charge is -2.14. The van der Waals surface area contributed by atoms with Crippen LogP contribution in [-0.2, 0) is 6.42 Å². The van der Waals surface area contributed by atoms with Crippen molar-refractivity contribution in [2.75, 3.05) is 39.3 Å². The van der Waals surface area contributed by atoms with Gasteiger partial charge < -0.3 is 15.5 Å². The van der Waals surface area contributed by atoms with E-state index in [0.717, 1.165) is 50.5 Å². The van der Waals surface area contributed by atoms with Crippen molar-refractivity contribution in [1.82, 2.24) is 15.5 Å². The fourth-order valence-corrected chi connectivity index (χ4v) is 2.85. The van der Waals surface area contributed by atoms with Crippen LogP contribution in [0.3, 0.4) is 0 Å². The number of likely N-dealkylation sites (tertiary alicyclic amines) is 1. The van der Waals surface area contributed by atoms with Gasteiger partial charge in [-0.15, -0.1) is 0 Å². The molecule has 4 nitrogen and oxygen atoms in total. The third-order valence-corrected chi connectivity index (χ3v) is 4.04. The van der Waals surface area contributed by atoms with Crippen molar-refractivity contribution in [3.05, 3.63) is 35.6 Å². The van der Waals surface area contributed by atoms with Crippen LogP contribution >= 0.6 is 0 Å². The molecule has 0 bridgehead atoms. The number of hydrogen-bond donors (Lipinski definition) is 2. The van der Waals surface area contributed by atoms with Crippen LogP contribution in [0.4, 0.5) is 4.39 Å². The lowest BCUT2D eigenvalue weighted by Crippen LogP contribution is -2.38. The average molecular weight is 320 g/mol. The molecule has 0 unspecified atom stereocenters. The van der Waals surface area contributed by atoms with E-state index in [-0.39, 0.29) is 5.82 Å². The lowest BCUT2D eigenvalue weighted by molar-refractivity contribution is 0.336. The molecule has 1 heterocycles. The quantitative estimate of drug-likeness (QED) is 0.439. The van der Waals surface area contributed by atoms with Gasteiger partial charge in [0, 0.05) is 19.6 Å². The van der Waals surface area contributed by atoms with Gasteiger partial charge in [0.2, 0.25) is 0 Å². The molecule has 1 aromatic rings. The van der Waals surface area contributed by atoms with Crippen LogP contribution < -0.4 is 10.6 Å². The molecule has 1 aromatic carbocycles. The van der Waals surface area contributed by atoms with E-state index in [1.807, 2.05) is 6.07 Å². The van der Waals surface area contributed by atoms with E-state index >= 15 is 0 Å². The monoisotopic (exact) mass is 320 g/mol. The van der Waals surface area contributed by atoms with E-state index in [1.165, 1.54) is 32.0 Å². The molecule has 0 aromatic heterocycles. The fourth-order valence-electron chi connectivity index (χ4n) is 2.85. The maximum Gasteiger partial charge on any atom is 0.191 e. The van der Waals surface area contributed by atoms with E-state index in [0.29, 0.717) is 0 Å². The Bertz CT molecular complexity index is 484. The van der Waals surface area contributed by atoms with Crippen LogP contribution in [-0.4, -0.2) is 50.1 Å². The SMILES string of the molecule is CCNC(=NCCCN1CCCC1)NCCc1cccc(F)c1. The summed E-state index contributed by atoms with van der Waals surface area (Å²) in [6.45, 7) is 8.14. The number of halogens is 1. The van der Waals surface area contributed by atoms with Crippen molar-refractivity contribution in [3.63, 3.8) is 0 Å². The van der Waals surface area contributed by atoms with Crippen LogP contribution in [0, 0.1) is 5.82 Å². The Kier molecular flexibility index (Phi) is 7.87. The van der Waals surface area contributed by atoms with Gasteiger partial charge in [-0.1, -0.05) is 12.1 Å². The standard InChI is InChI=1S/C18H29FN4/c1-2-20-18(21-10-6-14-23-12-3-4-13-23)22-11-9-16-7-5-8-17(19)15-16/h5,7-8,15H,2-4,6,9-14H2,1H3,(H2,20,21,22). The van der Waals surface area contributed by atoms with Gasteiger partial charge in [0.15, 0.2) is 5.96 Å². The second-order valence-electron chi connectivity index (χ2n) is 5.97. The molecule has 1 aliphatic heterocycles. The zero-order valence-corrected chi connectivity index (χ0v) is 14.2. The molecule has 23 heavy (non-hydrogen) atoms. The first-order chi connectivity index (χ1) is 11.3. The summed E-state index contributed by atoms with van der Waals surface area (Å²) in [7, 11) is 0. The molecule has 2 rings (SSSR count). The predicted molar refractivity (Wildman–Crippen MR) is 94.4 cm³/mol. The molecule has 1 saturated heterocycles. The highest BCUT2D eigenvalue weighted by Gasteiger charge is 2.09. The molecule has 0 radical (unpaired) electrons. The summed E-state index contributed by atoms with van der Waals surface area (Å²) < 4.78 is 13.1. The minimum absolute atomic E-state index is 0.176. The summed E-state index contributed by atoms with van der Waals surface area (Å²) in [6, 6.07) is 6.76. The van der Waals surface area contributed by atoms with Gasteiger partial charge in [0.25, 0.3) is 0 Å². The third-order valence-electron chi connectivity index (χ3n) is 4.04. The van der Waals surface area contributed by atoms with Crippen molar-refractivity contribution in [3.8, 4) is 0 Å². The second-order valence-corrected chi connectivity index (χ2v) is 5.97. The molecular formula is C18H29FN4. The number of aliphatic imine (C=N–C) groups is 1. The fraction of sp³-hybridized carbons (Fsp3) is 0.611. The molecule has 2 N–H and O–H groups in total. The first kappa shape index (κ1) is 17.7. The zero-order valence-electron chi connectivity index (χ0n) is 14.2. The van der Waals surface area contributed by atoms with Gasteiger partial charge in [-0.2, -0.15) is 0 Å². The second kappa shape index (κ2) is 10.2. The Hall–Kier alpha value is -1.62. The number of rotatable bonds is 8. The minimum atomic E-state index is -0.176. The van der Waals surface area contributed by atoms with E-state index in [4.69, 9.17) is 0 Å². The van der Waals surface area contributed by atoms with Crippen molar-refractivity contribution in [1.29, 1.82) is 0 Å². The number of nitrogens with one attached hydrogen (secondary N) is 2. The molecule has 0 saturated carbocycles. The summed E-state index contributed by atoms with van der Waals surface area (Å²) in [5, 5.41) is 6.58. The van der Waals surface area contributed by atoms with E-state index in [2.05, 4.69) is 27.4 Å². The predicted octanol–water partition coefficient (Wildman–Crippen LogP) is 2.41. The van der Waals surface area contributed by atoms with Gasteiger partial charge in [-0.3, -0.25) is 4.99 Å². The van der Waals surface area contributed by atoms with E-state index in [9.17, 15) is 4.39 Å². The molecule has 0 atom stereocenters. The summed E-state index contributed by atoms with van der Waals surface area (Å²) in [5.41, 5.74) is 1.00. The average Bonchev–Trinajstić information content (AvgIpc) is 3.05. The van der Waals surface area contributed by atoms with Gasteiger partial charge in [-0.05, 0) is 69.9 Å². The molecule has 0 aliphatic carbocycles. The van der Waals surface area contributed by atoms with Gasteiger partial charge in [0.05, 0.1) is 0 Å². The summed E-state index contributed by atoms with van der Waals surface area (Å²) in [4.78, 5) is 7.13. The van der Waals surface area contributed by atoms with Crippen LogP contribution in [0.25, 0.3) is 0 Å². The summed E-state index contributed by atoms with van der Waals surface area (Å²) >= 11 is 0. The van der Waals surface area contributed by atoms with Crippen LogP contribution in [0.5, 0.6) is 0 Å². The molecular weight excluding hydrogens is 291 g/mol. The molecule has 1 fully saturated rings. The molecule has 128 valence electrons. The number of nitrogens with zero attached hydrogens (tertiary/aromatic N) is 2. The summed E-state index contributed by atoms with van der Waals surface area (Å²) in [6.07, 6.45) is 4.57. The Morgan fingerprint density at radius 1 is 1.26 bits per heavy atom. The van der Waals surface area contributed by atoms with Crippen molar-refractivity contribution >= 4 is 5.96 Å². The maximum atomic E-state index is 13.1. The van der Waals surface area contributed by atoms with Crippen molar-refractivity contribution in [2.24, 2.45) is 4.99 Å². The number of guanidine groups is 1. The molecule has 0 amide bonds. The Morgan fingerprint density at radius 2 is 2.09 bits per heavy atom. The third kappa shape index (κ3) is 6.99. The molecule has 5 heteroatoms. The van der Waals surface area contributed by atoms with E-state index < -0.39 is 0 Å². The van der Waals surface area contributed by atoms with Crippen molar-refractivity contribution < 1.29 is 4.39 Å². The first-order valence-electron chi connectivity index (χ1n) is 8.77. The van der Waals surface area contributed by atoms with Crippen LogP contribution in [0.2, 0.25) is 0 Å². The highest BCUT2D eigenvalue weighted by molar-refractivity contribution is 5.79. The highest BCUT2D eigenvalue weighted by atomic mass is 19.1. The van der Waals surface area contributed by atoms with Gasteiger partial charge >= 0.3 is 0 Å². The molecule has 1 aliphatic rings. The van der Waals surface area contributed by atoms with Crippen molar-refractivity contribution in [2.45, 2.75) is 32.6 Å². The Morgan fingerprint density at radius 3 is 2.83 bits per heavy atom. The summed E-state index contributed by atoms with van der Waals surface area (Å²) in [5.74, 6) is 0.676. The smallest absolute Gasteiger partial charge is 0.191 e. The van der Waals surface area contributed by atoms with Gasteiger partial charge in [0.1, 0.15) is 5.82 Å². The normalized spacial score (nSPS) is 15.8. The topological polar surface area (TPSA) is 39.7 Å². The highest BCUT2D eigenvalue weighted by Crippen LogP contribution is 2.07. The first-order valence-corrected chi connectivity index (χ1v) is 8.77. The Labute approximate surface area is 139 Å². The van der Waals surface area contributed by atoms with Gasteiger partial charge in [-0.25, -0.2) is 4.39 Å². The Balaban J connectivity index is 1.68. The zero-order chi connectivity index (χ0) is 16.3. The maximum absolute atomic E-state index is 13.1.